The molecule has 1 fully saturated rings. The Bertz CT molecular complexity index is 1190. The average molecular weight is 516 g/mol. The first-order chi connectivity index (χ1) is 17.5. The van der Waals surface area contributed by atoms with Gasteiger partial charge in [0.2, 0.25) is 5.66 Å². The Kier molecular flexibility index (Phi) is 7.57. The minimum Gasteiger partial charge on any atom is -0.392 e. The van der Waals surface area contributed by atoms with Crippen LogP contribution >= 0.6 is 0 Å². The molecular weight excluding hydrogens is 483 g/mol. The van der Waals surface area contributed by atoms with Gasteiger partial charge in [-0.2, -0.15) is 13.2 Å². The summed E-state index contributed by atoms with van der Waals surface area (Å²) in [6.45, 7) is 1.98. The minimum atomic E-state index is -4.52. The van der Waals surface area contributed by atoms with Crippen LogP contribution in [0.15, 0.2) is 53.5 Å². The topological polar surface area (TPSA) is 96.0 Å². The molecule has 0 saturated heterocycles. The number of nitrogens with zero attached hydrogens (tertiary/aromatic N) is 2. The third-order valence-electron chi connectivity index (χ3n) is 7.24. The molecule has 4 rings (SSSR count). The molecule has 9 heteroatoms. The van der Waals surface area contributed by atoms with Crippen molar-refractivity contribution < 1.29 is 27.9 Å². The quantitative estimate of drug-likeness (QED) is 0.473. The van der Waals surface area contributed by atoms with E-state index in [9.17, 15) is 27.9 Å². The minimum absolute atomic E-state index is 0.145. The van der Waals surface area contributed by atoms with Gasteiger partial charge in [-0.05, 0) is 37.0 Å². The van der Waals surface area contributed by atoms with Gasteiger partial charge in [0.15, 0.2) is 5.78 Å². The Hall–Kier alpha value is -3.04. The van der Waals surface area contributed by atoms with Gasteiger partial charge < -0.3 is 10.0 Å². The van der Waals surface area contributed by atoms with Crippen molar-refractivity contribution in [3.63, 3.8) is 0 Å². The average Bonchev–Trinajstić information content (AvgIpc) is 3.71. The molecule has 1 aliphatic heterocycles. The molecule has 2 aromatic carbocycles. The number of hydrogen-bond donors (Lipinski definition) is 2. The van der Waals surface area contributed by atoms with E-state index in [-0.39, 0.29) is 17.2 Å². The number of benzodiazepines with no additional fused rings is 1. The normalized spacial score (nSPS) is 21.6. The van der Waals surface area contributed by atoms with Crippen LogP contribution in [-0.2, 0) is 15.8 Å². The van der Waals surface area contributed by atoms with Gasteiger partial charge in [-0.3, -0.25) is 15.3 Å². The van der Waals surface area contributed by atoms with Crippen LogP contribution in [0.4, 0.5) is 18.9 Å². The second kappa shape index (κ2) is 10.4. The summed E-state index contributed by atoms with van der Waals surface area (Å²) >= 11 is 0. The van der Waals surface area contributed by atoms with E-state index >= 15 is 0 Å². The maximum atomic E-state index is 14.0. The predicted molar refractivity (Wildman–Crippen MR) is 135 cm³/mol. The number of benzene rings is 2. The molecule has 1 heterocycles. The number of halogens is 3. The van der Waals surface area contributed by atoms with Gasteiger partial charge in [-0.1, -0.05) is 62.9 Å². The zero-order chi connectivity index (χ0) is 27.0. The van der Waals surface area contributed by atoms with E-state index in [1.165, 1.54) is 24.1 Å². The molecule has 2 aromatic rings. The number of carbonyl (C=O) groups excluding carboxylic acids is 2. The van der Waals surface area contributed by atoms with Crippen molar-refractivity contribution in [1.82, 2.24) is 0 Å². The van der Waals surface area contributed by atoms with E-state index in [4.69, 9.17) is 5.73 Å². The molecule has 198 valence electrons. The van der Waals surface area contributed by atoms with Crippen LogP contribution in [0.3, 0.4) is 0 Å². The Morgan fingerprint density at radius 2 is 1.84 bits per heavy atom. The number of para-hydroxylation sites is 1. The molecule has 0 bridgehead atoms. The van der Waals surface area contributed by atoms with Crippen molar-refractivity contribution in [1.29, 1.82) is 0 Å². The number of nitrogens with two attached hydrogens (primary N) is 1. The first-order valence-electron chi connectivity index (χ1n) is 12.6. The maximum absolute atomic E-state index is 14.0. The lowest BCUT2D eigenvalue weighted by atomic mass is 9.82. The molecule has 1 unspecified atom stereocenters. The van der Waals surface area contributed by atoms with Crippen LogP contribution in [0.1, 0.15) is 62.1 Å². The Labute approximate surface area is 214 Å². The number of ketones is 1. The second-order valence-electron chi connectivity index (χ2n) is 10.0. The van der Waals surface area contributed by atoms with Crippen LogP contribution in [0, 0.1) is 11.8 Å². The van der Waals surface area contributed by atoms with Gasteiger partial charge in [0, 0.05) is 24.1 Å². The van der Waals surface area contributed by atoms with Gasteiger partial charge in [0.1, 0.15) is 0 Å². The molecule has 3 atom stereocenters. The van der Waals surface area contributed by atoms with Crippen molar-refractivity contribution in [2.24, 2.45) is 22.6 Å². The smallest absolute Gasteiger partial charge is 0.392 e. The highest BCUT2D eigenvalue weighted by molar-refractivity contribution is 6.26. The Balaban J connectivity index is 1.84. The fourth-order valence-electron chi connectivity index (χ4n) is 4.86. The van der Waals surface area contributed by atoms with Gasteiger partial charge in [-0.25, -0.2) is 4.99 Å². The molecule has 1 amide bonds. The summed E-state index contributed by atoms with van der Waals surface area (Å²) < 4.78 is 39.6. The highest BCUT2D eigenvalue weighted by atomic mass is 19.4. The standard InChI is InChI=1S/C28H32F3N3O3/c1-3-4-9-23(35)21(16-17-10-11-17)25(36)27(32)26(37)34(2)22-8-6-5-7-20(22)24(33-27)18-12-14-19(15-13-18)28(29,30)31/h5-8,12-15,17,21,23,35H,3-4,9-11,16,32H2,1-2H3/t21-,23+,27?/m1/s1. The Morgan fingerprint density at radius 1 is 1.19 bits per heavy atom. The van der Waals surface area contributed by atoms with Crippen LogP contribution in [-0.4, -0.2) is 41.3 Å². The number of amides is 1. The summed E-state index contributed by atoms with van der Waals surface area (Å²) in [7, 11) is 1.49. The molecule has 37 heavy (non-hydrogen) atoms. The molecule has 0 aromatic heterocycles. The van der Waals surface area contributed by atoms with E-state index in [0.717, 1.165) is 31.4 Å². The number of carbonyl (C=O) groups is 2. The van der Waals surface area contributed by atoms with E-state index < -0.39 is 41.1 Å². The number of alkyl halides is 3. The first kappa shape index (κ1) is 27.0. The number of unbranched alkanes of at least 4 members (excludes halogenated alkanes) is 1. The van der Waals surface area contributed by atoms with Crippen molar-refractivity contribution in [3.8, 4) is 0 Å². The number of anilines is 1. The van der Waals surface area contributed by atoms with E-state index in [0.29, 0.717) is 30.5 Å². The van der Waals surface area contributed by atoms with Gasteiger partial charge in [0.05, 0.1) is 23.1 Å². The number of likely N-dealkylation sites (N-methyl/N-ethyl adjacent to an activating group) is 1. The zero-order valence-corrected chi connectivity index (χ0v) is 21.0. The van der Waals surface area contributed by atoms with Crippen molar-refractivity contribution >= 4 is 23.1 Å². The first-order valence-corrected chi connectivity index (χ1v) is 12.6. The highest BCUT2D eigenvalue weighted by Crippen LogP contribution is 2.40. The third kappa shape index (κ3) is 5.48. The SMILES string of the molecule is CCCC[C@H](O)[C@@H](CC1CC1)C(=O)C1(N)N=C(c2ccc(C(F)(F)F)cc2)c2ccccc2N(C)C1=O. The molecular formula is C28H32F3N3O3. The van der Waals surface area contributed by atoms with Crippen molar-refractivity contribution in [2.45, 2.75) is 63.4 Å². The zero-order valence-electron chi connectivity index (χ0n) is 21.0. The number of aliphatic hydroxyl groups is 1. The number of aliphatic imine (C=N–C) groups is 1. The number of rotatable bonds is 9. The molecule has 0 radical (unpaired) electrons. The van der Waals surface area contributed by atoms with E-state index in [2.05, 4.69) is 4.99 Å². The van der Waals surface area contributed by atoms with Crippen LogP contribution in [0.25, 0.3) is 0 Å². The lowest BCUT2D eigenvalue weighted by molar-refractivity contribution is -0.139. The monoisotopic (exact) mass is 515 g/mol. The molecule has 1 saturated carbocycles. The largest absolute Gasteiger partial charge is 0.416 e. The molecule has 6 nitrogen and oxygen atoms in total. The van der Waals surface area contributed by atoms with Gasteiger partial charge >= 0.3 is 6.18 Å². The number of hydrogen-bond acceptors (Lipinski definition) is 5. The highest BCUT2D eigenvalue weighted by Gasteiger charge is 2.51. The lowest BCUT2D eigenvalue weighted by Crippen LogP contribution is -2.61. The molecule has 1 aliphatic carbocycles. The summed E-state index contributed by atoms with van der Waals surface area (Å²) in [4.78, 5) is 33.5. The summed E-state index contributed by atoms with van der Waals surface area (Å²) in [6, 6.07) is 11.2. The fraction of sp³-hybridized carbons (Fsp3) is 0.464. The van der Waals surface area contributed by atoms with Gasteiger partial charge in [0.25, 0.3) is 5.91 Å². The van der Waals surface area contributed by atoms with Crippen LogP contribution < -0.4 is 10.6 Å². The van der Waals surface area contributed by atoms with Gasteiger partial charge in [-0.15, -0.1) is 0 Å². The molecule has 3 N–H and O–H groups in total. The summed E-state index contributed by atoms with van der Waals surface area (Å²) in [5, 5.41) is 11.0. The third-order valence-corrected chi connectivity index (χ3v) is 7.24. The molecule has 0 spiro atoms. The van der Waals surface area contributed by atoms with Crippen LogP contribution in [0.2, 0.25) is 0 Å². The van der Waals surface area contributed by atoms with E-state index in [1.54, 1.807) is 24.3 Å². The van der Waals surface area contributed by atoms with E-state index in [1.807, 2.05) is 6.92 Å². The summed E-state index contributed by atoms with van der Waals surface area (Å²) in [5.74, 6) is -2.02. The summed E-state index contributed by atoms with van der Waals surface area (Å²) in [5.41, 5.74) is 4.73. The summed E-state index contributed by atoms with van der Waals surface area (Å²) in [6.07, 6.45) is -1.23. The predicted octanol–water partition coefficient (Wildman–Crippen LogP) is 4.71. The van der Waals surface area contributed by atoms with Crippen LogP contribution in [0.5, 0.6) is 0 Å². The number of Topliss-reactive ketones (excluding diaryl/α,β-unsaturated/α-hetero) is 1. The Morgan fingerprint density at radius 3 is 2.43 bits per heavy atom. The van der Waals surface area contributed by atoms with Crippen molar-refractivity contribution in [3.05, 3.63) is 65.2 Å². The fourth-order valence-corrected chi connectivity index (χ4v) is 4.86. The molecule has 2 aliphatic rings. The number of aliphatic hydroxyl groups excluding tert-OH is 1. The maximum Gasteiger partial charge on any atom is 0.416 e. The number of fused-ring (bicyclic) bond motifs is 1. The van der Waals surface area contributed by atoms with Crippen molar-refractivity contribution in [2.75, 3.05) is 11.9 Å². The lowest BCUT2D eigenvalue weighted by Gasteiger charge is -2.31. The second-order valence-corrected chi connectivity index (χ2v) is 10.0.